The zero-order chi connectivity index (χ0) is 10.4. The molecule has 0 aliphatic carbocycles. The molecule has 0 radical (unpaired) electrons. The van der Waals surface area contributed by atoms with Gasteiger partial charge in [-0.1, -0.05) is 30.3 Å². The summed E-state index contributed by atoms with van der Waals surface area (Å²) in [6.07, 6.45) is 0. The first-order valence-corrected chi connectivity index (χ1v) is 4.79. The van der Waals surface area contributed by atoms with Gasteiger partial charge in [0.2, 0.25) is 5.91 Å². The van der Waals surface area contributed by atoms with Crippen LogP contribution in [0.15, 0.2) is 30.3 Å². The summed E-state index contributed by atoms with van der Waals surface area (Å²) in [5.41, 5.74) is 6.45. The molecule has 0 unspecified atom stereocenters. The summed E-state index contributed by atoms with van der Waals surface area (Å²) >= 11 is 0. The summed E-state index contributed by atoms with van der Waals surface area (Å²) in [6, 6.07) is 9.91. The van der Waals surface area contributed by atoms with Crippen molar-refractivity contribution in [3.63, 3.8) is 0 Å². The first-order valence-electron chi connectivity index (χ1n) is 4.79. The number of amides is 1. The highest BCUT2D eigenvalue weighted by Gasteiger charge is 2.08. The minimum absolute atomic E-state index is 0. The Hall–Kier alpha value is -1.06. The van der Waals surface area contributed by atoms with Crippen LogP contribution in [0, 0.1) is 0 Å². The first-order chi connectivity index (χ1) is 6.77. The lowest BCUT2D eigenvalue weighted by Crippen LogP contribution is -2.35. The summed E-state index contributed by atoms with van der Waals surface area (Å²) in [5, 5.41) is 0. The fourth-order valence-electron chi connectivity index (χ4n) is 1.31. The average Bonchev–Trinajstić information content (AvgIpc) is 2.26. The lowest BCUT2D eigenvalue weighted by molar-refractivity contribution is -0.130. The van der Waals surface area contributed by atoms with Gasteiger partial charge in [-0.15, -0.1) is 12.4 Å². The van der Waals surface area contributed by atoms with Crippen LogP contribution in [0.3, 0.4) is 0 Å². The van der Waals surface area contributed by atoms with E-state index < -0.39 is 0 Å². The van der Waals surface area contributed by atoms with Crippen LogP contribution >= 0.6 is 12.4 Å². The second-order valence-electron chi connectivity index (χ2n) is 3.10. The molecule has 1 aromatic carbocycles. The van der Waals surface area contributed by atoms with Crippen LogP contribution in [0.25, 0.3) is 0 Å². The number of benzene rings is 1. The SMILES string of the molecule is CCN(Cc1ccccc1)C(=O)CN.Cl. The second kappa shape index (κ2) is 7.26. The van der Waals surface area contributed by atoms with E-state index in [0.29, 0.717) is 13.1 Å². The van der Waals surface area contributed by atoms with Crippen LogP contribution in [0.2, 0.25) is 0 Å². The van der Waals surface area contributed by atoms with E-state index in [1.165, 1.54) is 0 Å². The highest BCUT2D eigenvalue weighted by molar-refractivity contribution is 5.85. The molecule has 0 aromatic heterocycles. The Bertz CT molecular complexity index is 290. The van der Waals surface area contributed by atoms with E-state index in [0.717, 1.165) is 5.56 Å². The smallest absolute Gasteiger partial charge is 0.236 e. The Morgan fingerprint density at radius 1 is 1.33 bits per heavy atom. The van der Waals surface area contributed by atoms with Gasteiger partial charge in [0.05, 0.1) is 6.54 Å². The molecule has 0 heterocycles. The van der Waals surface area contributed by atoms with Crippen LogP contribution in [0.4, 0.5) is 0 Å². The van der Waals surface area contributed by atoms with Gasteiger partial charge in [-0.3, -0.25) is 4.79 Å². The van der Waals surface area contributed by atoms with E-state index in [1.54, 1.807) is 4.90 Å². The van der Waals surface area contributed by atoms with Gasteiger partial charge < -0.3 is 10.6 Å². The maximum absolute atomic E-state index is 11.3. The molecule has 0 aliphatic heterocycles. The van der Waals surface area contributed by atoms with Crippen molar-refractivity contribution >= 4 is 18.3 Å². The van der Waals surface area contributed by atoms with Crippen molar-refractivity contribution in [1.82, 2.24) is 4.90 Å². The van der Waals surface area contributed by atoms with Crippen molar-refractivity contribution < 1.29 is 4.79 Å². The molecule has 1 amide bonds. The molecule has 1 aromatic rings. The Kier molecular flexibility index (Phi) is 6.75. The van der Waals surface area contributed by atoms with Crippen molar-refractivity contribution in [3.05, 3.63) is 35.9 Å². The molecule has 4 heteroatoms. The number of carbonyl (C=O) groups is 1. The Morgan fingerprint density at radius 3 is 2.40 bits per heavy atom. The summed E-state index contributed by atoms with van der Waals surface area (Å²) in [7, 11) is 0. The molecule has 3 nitrogen and oxygen atoms in total. The Morgan fingerprint density at radius 2 is 1.93 bits per heavy atom. The maximum Gasteiger partial charge on any atom is 0.236 e. The van der Waals surface area contributed by atoms with Crippen molar-refractivity contribution in [2.45, 2.75) is 13.5 Å². The highest BCUT2D eigenvalue weighted by atomic mass is 35.5. The molecule has 84 valence electrons. The third-order valence-electron chi connectivity index (χ3n) is 2.13. The molecule has 15 heavy (non-hydrogen) atoms. The predicted octanol–water partition coefficient (Wildman–Crippen LogP) is 1.42. The van der Waals surface area contributed by atoms with Gasteiger partial charge >= 0.3 is 0 Å². The third kappa shape index (κ3) is 4.32. The monoisotopic (exact) mass is 228 g/mol. The molecule has 0 spiro atoms. The zero-order valence-electron chi connectivity index (χ0n) is 8.85. The Balaban J connectivity index is 0.00000196. The van der Waals surface area contributed by atoms with Crippen molar-refractivity contribution in [1.29, 1.82) is 0 Å². The van der Waals surface area contributed by atoms with Crippen molar-refractivity contribution in [2.75, 3.05) is 13.1 Å². The van der Waals surface area contributed by atoms with Gasteiger partial charge in [-0.2, -0.15) is 0 Å². The summed E-state index contributed by atoms with van der Waals surface area (Å²) in [6.45, 7) is 3.38. The number of nitrogens with two attached hydrogens (primary N) is 1. The fraction of sp³-hybridized carbons (Fsp3) is 0.364. The normalized spacial score (nSPS) is 9.20. The largest absolute Gasteiger partial charge is 0.338 e. The van der Waals surface area contributed by atoms with Gasteiger partial charge in [0.15, 0.2) is 0 Å². The van der Waals surface area contributed by atoms with Crippen molar-refractivity contribution in [2.24, 2.45) is 5.73 Å². The van der Waals surface area contributed by atoms with Crippen LogP contribution in [-0.2, 0) is 11.3 Å². The minimum atomic E-state index is -0.00338. The number of halogens is 1. The standard InChI is InChI=1S/C11H16N2O.ClH/c1-2-13(11(14)8-12)9-10-6-4-3-5-7-10;/h3-7H,2,8-9,12H2,1H3;1H. The molecule has 2 N–H and O–H groups in total. The number of hydrogen-bond donors (Lipinski definition) is 1. The Labute approximate surface area is 96.7 Å². The summed E-state index contributed by atoms with van der Waals surface area (Å²) < 4.78 is 0. The molecular weight excluding hydrogens is 212 g/mol. The molecule has 0 saturated carbocycles. The van der Waals surface area contributed by atoms with Gasteiger partial charge in [-0.25, -0.2) is 0 Å². The van der Waals surface area contributed by atoms with Crippen LogP contribution < -0.4 is 5.73 Å². The van der Waals surface area contributed by atoms with E-state index in [2.05, 4.69) is 0 Å². The predicted molar refractivity (Wildman–Crippen MR) is 63.8 cm³/mol. The summed E-state index contributed by atoms with van der Waals surface area (Å²) in [5.74, 6) is -0.00338. The van der Waals surface area contributed by atoms with E-state index in [9.17, 15) is 4.79 Å². The van der Waals surface area contributed by atoms with E-state index in [1.807, 2.05) is 37.3 Å². The quantitative estimate of drug-likeness (QED) is 0.847. The first kappa shape index (κ1) is 13.9. The maximum atomic E-state index is 11.3. The summed E-state index contributed by atoms with van der Waals surface area (Å²) in [4.78, 5) is 13.1. The molecule has 0 saturated heterocycles. The molecule has 0 fully saturated rings. The van der Waals surface area contributed by atoms with Gasteiger partial charge in [-0.05, 0) is 12.5 Å². The molecule has 0 atom stereocenters. The third-order valence-corrected chi connectivity index (χ3v) is 2.13. The van der Waals surface area contributed by atoms with Gasteiger partial charge in [0.25, 0.3) is 0 Å². The van der Waals surface area contributed by atoms with Gasteiger partial charge in [0, 0.05) is 13.1 Å². The van der Waals surface area contributed by atoms with Gasteiger partial charge in [0.1, 0.15) is 0 Å². The minimum Gasteiger partial charge on any atom is -0.338 e. The zero-order valence-corrected chi connectivity index (χ0v) is 9.67. The number of nitrogens with zero attached hydrogens (tertiary/aromatic N) is 1. The van der Waals surface area contributed by atoms with E-state index in [4.69, 9.17) is 5.73 Å². The molecular formula is C11H17ClN2O. The number of carbonyl (C=O) groups excluding carboxylic acids is 1. The van der Waals surface area contributed by atoms with Crippen molar-refractivity contribution in [3.8, 4) is 0 Å². The van der Waals surface area contributed by atoms with E-state index >= 15 is 0 Å². The lowest BCUT2D eigenvalue weighted by Gasteiger charge is -2.19. The number of hydrogen-bond acceptors (Lipinski definition) is 2. The molecule has 0 bridgehead atoms. The average molecular weight is 229 g/mol. The number of rotatable bonds is 4. The van der Waals surface area contributed by atoms with E-state index in [-0.39, 0.29) is 24.9 Å². The highest BCUT2D eigenvalue weighted by Crippen LogP contribution is 2.03. The van der Waals surface area contributed by atoms with Crippen LogP contribution in [0.1, 0.15) is 12.5 Å². The second-order valence-corrected chi connectivity index (χ2v) is 3.10. The van der Waals surface area contributed by atoms with Crippen LogP contribution in [0.5, 0.6) is 0 Å². The molecule has 0 aliphatic rings. The number of likely N-dealkylation sites (N-methyl/N-ethyl adjacent to an activating group) is 1. The fourth-order valence-corrected chi connectivity index (χ4v) is 1.31. The van der Waals surface area contributed by atoms with Crippen LogP contribution in [-0.4, -0.2) is 23.9 Å². The topological polar surface area (TPSA) is 46.3 Å². The lowest BCUT2D eigenvalue weighted by atomic mass is 10.2. The molecule has 1 rings (SSSR count).